The number of aromatic nitrogens is 12. The third kappa shape index (κ3) is 22.9. The number of pyridine rings is 12. The molecule has 0 spiro atoms. The summed E-state index contributed by atoms with van der Waals surface area (Å²) in [6.07, 6.45) is 18.3. The molecule has 0 unspecified atom stereocenters. The molecule has 0 amide bonds. The number of Topliss-reactive ketones (excluding diaryl/α,β-unsaturated/α-hetero) is 4. The fraction of sp³-hybridized carbons (Fsp3) is 0.179. The van der Waals surface area contributed by atoms with Crippen LogP contribution in [0.4, 0.5) is 4.39 Å². The number of carbonyl (C=O) groups excluding carboxylic acids is 4. The van der Waals surface area contributed by atoms with Gasteiger partial charge in [0.1, 0.15) is 74.6 Å². The molecule has 0 fully saturated rings. The van der Waals surface area contributed by atoms with Crippen LogP contribution in [-0.2, 0) is 38.5 Å². The van der Waals surface area contributed by atoms with Gasteiger partial charge in [0.2, 0.25) is 0 Å². The number of halogens is 1. The Kier molecular flexibility index (Phi) is 25.3. The predicted molar refractivity (Wildman–Crippen MR) is 370 cm³/mol. The van der Waals surface area contributed by atoms with Crippen molar-refractivity contribution in [2.45, 2.75) is 93.9 Å². The van der Waals surface area contributed by atoms with E-state index >= 15 is 0 Å². The monoisotopic (exact) mass is 1320 g/mol. The zero-order chi connectivity index (χ0) is 70.0. The Balaban J connectivity index is 0.000000154. The van der Waals surface area contributed by atoms with E-state index in [9.17, 15) is 23.6 Å². The van der Waals surface area contributed by atoms with E-state index in [1.165, 1.54) is 12.3 Å². The number of ether oxygens (including phenoxy) is 4. The van der Waals surface area contributed by atoms with Crippen LogP contribution in [0.1, 0.15) is 124 Å². The van der Waals surface area contributed by atoms with Crippen molar-refractivity contribution >= 4 is 23.1 Å². The van der Waals surface area contributed by atoms with E-state index in [2.05, 4.69) is 59.8 Å². The number of hydrogen-bond acceptors (Lipinski definition) is 20. The molecule has 12 heterocycles. The molecule has 12 aromatic heterocycles. The molecule has 0 aromatic carbocycles. The van der Waals surface area contributed by atoms with E-state index in [-0.39, 0.29) is 60.3 Å². The van der Waals surface area contributed by atoms with Crippen molar-refractivity contribution in [2.75, 3.05) is 0 Å². The summed E-state index contributed by atoms with van der Waals surface area (Å²) in [5, 5.41) is 0. The highest BCUT2D eigenvalue weighted by Crippen LogP contribution is 2.27. The molecular formula is C78H71FN12O8. The van der Waals surface area contributed by atoms with Crippen LogP contribution in [0.2, 0.25) is 0 Å². The zero-order valence-corrected chi connectivity index (χ0v) is 56.0. The minimum Gasteiger partial charge on any atom is -0.456 e. The first kappa shape index (κ1) is 70.9. The second-order valence-corrected chi connectivity index (χ2v) is 22.6. The summed E-state index contributed by atoms with van der Waals surface area (Å²) in [5.41, 5.74) is 11.1. The lowest BCUT2D eigenvalue weighted by atomic mass is 10.1. The van der Waals surface area contributed by atoms with E-state index in [1.807, 2.05) is 115 Å². The Labute approximate surface area is 573 Å². The molecule has 498 valence electrons. The molecule has 99 heavy (non-hydrogen) atoms. The Morgan fingerprint density at radius 3 is 0.939 bits per heavy atom. The van der Waals surface area contributed by atoms with Gasteiger partial charge in [-0.05, 0) is 138 Å². The van der Waals surface area contributed by atoms with Crippen LogP contribution in [0.5, 0.6) is 46.0 Å². The minimum atomic E-state index is -0.494. The van der Waals surface area contributed by atoms with Gasteiger partial charge < -0.3 is 18.9 Å². The van der Waals surface area contributed by atoms with Crippen LogP contribution in [0.25, 0.3) is 0 Å². The van der Waals surface area contributed by atoms with E-state index in [4.69, 9.17) is 18.9 Å². The summed E-state index contributed by atoms with van der Waals surface area (Å²) in [6, 6.07) is 44.5. The molecule has 0 atom stereocenters. The summed E-state index contributed by atoms with van der Waals surface area (Å²) in [5.74, 6) is 3.29. The van der Waals surface area contributed by atoms with E-state index in [1.54, 1.807) is 135 Å². The summed E-state index contributed by atoms with van der Waals surface area (Å²) < 4.78 is 36.1. The molecule has 0 bridgehead atoms. The summed E-state index contributed by atoms with van der Waals surface area (Å²) in [4.78, 5) is 101. The van der Waals surface area contributed by atoms with Gasteiger partial charge >= 0.3 is 0 Å². The number of nitrogens with zero attached hydrogens (tertiary/aromatic N) is 12. The molecule has 0 radical (unpaired) electrons. The molecule has 0 N–H and O–H groups in total. The Morgan fingerprint density at radius 1 is 0.313 bits per heavy atom. The van der Waals surface area contributed by atoms with Gasteiger partial charge in [-0.15, -0.1) is 0 Å². The first-order valence-corrected chi connectivity index (χ1v) is 31.7. The third-order valence-electron chi connectivity index (χ3n) is 14.1. The Bertz CT molecular complexity index is 4560. The lowest BCUT2D eigenvalue weighted by molar-refractivity contribution is 0.0978. The van der Waals surface area contributed by atoms with Gasteiger partial charge in [0, 0.05) is 143 Å². The van der Waals surface area contributed by atoms with Crippen molar-refractivity contribution in [1.82, 2.24) is 59.8 Å². The zero-order valence-electron chi connectivity index (χ0n) is 56.0. The number of ketones is 4. The number of aryl methyl sites for hydroxylation is 8. The van der Waals surface area contributed by atoms with E-state index in [0.29, 0.717) is 68.7 Å². The Hall–Kier alpha value is -12.4. The van der Waals surface area contributed by atoms with Crippen LogP contribution in [0, 0.1) is 47.4 Å². The molecule has 0 aliphatic rings. The smallest absolute Gasteiger partial charge is 0.187 e. The van der Waals surface area contributed by atoms with Crippen molar-refractivity contribution in [3.63, 3.8) is 0 Å². The van der Waals surface area contributed by atoms with Crippen LogP contribution < -0.4 is 18.9 Å². The normalized spacial score (nSPS) is 10.5. The van der Waals surface area contributed by atoms with Gasteiger partial charge in [-0.25, -0.2) is 24.3 Å². The second kappa shape index (κ2) is 35.4. The largest absolute Gasteiger partial charge is 0.456 e. The van der Waals surface area contributed by atoms with Crippen LogP contribution in [-0.4, -0.2) is 82.9 Å². The Morgan fingerprint density at radius 2 is 0.636 bits per heavy atom. The van der Waals surface area contributed by atoms with Gasteiger partial charge in [0.15, 0.2) is 23.1 Å². The molecule has 12 aromatic rings. The minimum absolute atomic E-state index is 0.0829. The third-order valence-corrected chi connectivity index (χ3v) is 14.1. The van der Waals surface area contributed by atoms with Gasteiger partial charge in [0.25, 0.3) is 0 Å². The van der Waals surface area contributed by atoms with Crippen molar-refractivity contribution in [3.8, 4) is 46.0 Å². The van der Waals surface area contributed by atoms with Crippen LogP contribution >= 0.6 is 0 Å². The summed E-state index contributed by atoms with van der Waals surface area (Å²) >= 11 is 0. The van der Waals surface area contributed by atoms with Crippen LogP contribution in [0.15, 0.2) is 214 Å². The molecule has 0 saturated heterocycles. The number of hydrogen-bond donors (Lipinski definition) is 0. The first-order valence-electron chi connectivity index (χ1n) is 31.7. The van der Waals surface area contributed by atoms with Gasteiger partial charge in [-0.3, -0.25) is 59.0 Å². The van der Waals surface area contributed by atoms with E-state index < -0.39 is 5.82 Å². The fourth-order valence-electron chi connectivity index (χ4n) is 9.44. The van der Waals surface area contributed by atoms with Crippen molar-refractivity contribution in [3.05, 3.63) is 310 Å². The molecule has 20 nitrogen and oxygen atoms in total. The van der Waals surface area contributed by atoms with Crippen molar-refractivity contribution in [2.24, 2.45) is 0 Å². The quantitative estimate of drug-likeness (QED) is 0.0571. The summed E-state index contributed by atoms with van der Waals surface area (Å²) in [6.45, 7) is 15.2. The molecule has 0 aliphatic carbocycles. The lowest BCUT2D eigenvalue weighted by Crippen LogP contribution is -2.09. The molecule has 12 rings (SSSR count). The maximum Gasteiger partial charge on any atom is 0.187 e. The van der Waals surface area contributed by atoms with Crippen molar-refractivity contribution in [1.29, 1.82) is 0 Å². The predicted octanol–water partition coefficient (Wildman–Crippen LogP) is 15.5. The standard InChI is InChI=1S/C20H18FN3O2.C20H19N3O2.2C19H17N3O2/c1-3-15-5-4-6-16(24-15)9-20(25)19-10-17(7-13(2)23-19)26-18-8-14(21)11-22-12-18;1-3-15-6-4-7-16(23-15)11-20(24)19-12-18(10-14(2)22-19)25-17-8-5-9-21-13-17;2*1-13-5-6-15(21-11-13)9-19(23)18-10-17(8-14(2)22-18)24-16-4-3-7-20-12-16/h4-8,10-12H,3,9H2,1-2H3;4-10,12-13H,3,11H2,1-2H3;2*3-8,10-12H,9H2,1-2H3. The molecule has 0 aliphatic heterocycles. The topological polar surface area (TPSA) is 260 Å². The molecular weight excluding hydrogens is 1250 g/mol. The molecule has 21 heteroatoms. The maximum absolute atomic E-state index is 13.2. The van der Waals surface area contributed by atoms with Gasteiger partial charge in [0.05, 0.1) is 56.7 Å². The average molecular weight is 1320 g/mol. The van der Waals surface area contributed by atoms with Crippen molar-refractivity contribution < 1.29 is 42.5 Å². The van der Waals surface area contributed by atoms with Gasteiger partial charge in [-0.1, -0.05) is 38.1 Å². The maximum atomic E-state index is 13.2. The van der Waals surface area contributed by atoms with E-state index in [0.717, 1.165) is 75.7 Å². The SMILES string of the molecule is CCc1cccc(CC(=O)c2cc(Oc3cccnc3)cc(C)n2)n1.CCc1cccc(CC(=O)c2cc(Oc3cncc(F)c3)cc(C)n2)n1.Cc1ccc(CC(=O)c2cc(Oc3cccnc3)cc(C)n2)nc1.Cc1ccc(CC(=O)c2cc(Oc3cccnc3)cc(C)n2)nc1. The highest BCUT2D eigenvalue weighted by Gasteiger charge is 2.18. The fourth-order valence-corrected chi connectivity index (χ4v) is 9.44. The highest BCUT2D eigenvalue weighted by molar-refractivity contribution is 5.97. The number of rotatable bonds is 22. The second-order valence-electron chi connectivity index (χ2n) is 22.6. The summed E-state index contributed by atoms with van der Waals surface area (Å²) in [7, 11) is 0. The lowest BCUT2D eigenvalue weighted by Gasteiger charge is -2.08. The highest BCUT2D eigenvalue weighted by atomic mass is 19.1. The first-order chi connectivity index (χ1) is 47.9. The van der Waals surface area contributed by atoms with Gasteiger partial charge in [-0.2, -0.15) is 0 Å². The van der Waals surface area contributed by atoms with Crippen LogP contribution in [0.3, 0.4) is 0 Å². The molecule has 0 saturated carbocycles. The number of carbonyl (C=O) groups is 4. The average Bonchev–Trinajstić information content (AvgIpc) is 0.908.